The van der Waals surface area contributed by atoms with Crippen LogP contribution in [0.1, 0.15) is 34.6 Å². The Labute approximate surface area is 207 Å². The van der Waals surface area contributed by atoms with E-state index in [0.717, 1.165) is 0 Å². The van der Waals surface area contributed by atoms with Crippen LogP contribution in [0.25, 0.3) is 0 Å². The van der Waals surface area contributed by atoms with Gasteiger partial charge in [0.15, 0.2) is 11.6 Å². The van der Waals surface area contributed by atoms with Crippen molar-refractivity contribution in [2.75, 3.05) is 10.0 Å². The van der Waals surface area contributed by atoms with E-state index in [1.54, 1.807) is 62.4 Å². The van der Waals surface area contributed by atoms with E-state index in [-0.39, 0.29) is 11.1 Å². The lowest BCUT2D eigenvalue weighted by Crippen LogP contribution is -2.33. The second-order valence-corrected chi connectivity index (χ2v) is 8.63. The molecule has 0 saturated carbocycles. The highest BCUT2D eigenvalue weighted by molar-refractivity contribution is 6.31. The first-order valence-electron chi connectivity index (χ1n) is 11.4. The van der Waals surface area contributed by atoms with Gasteiger partial charge >= 0.3 is 0 Å². The molecule has 0 fully saturated rings. The molecule has 0 bridgehead atoms. The van der Waals surface area contributed by atoms with Crippen LogP contribution < -0.4 is 10.0 Å². The minimum absolute atomic E-state index is 0.281. The summed E-state index contributed by atoms with van der Waals surface area (Å²) in [6.07, 6.45) is 0. The van der Waals surface area contributed by atoms with Gasteiger partial charge in [-0.05, 0) is 38.1 Å². The van der Waals surface area contributed by atoms with Crippen molar-refractivity contribution in [3.63, 3.8) is 0 Å². The molecule has 2 atom stereocenters. The predicted molar refractivity (Wildman–Crippen MR) is 136 cm³/mol. The first-order valence-corrected chi connectivity index (χ1v) is 11.4. The van der Waals surface area contributed by atoms with Gasteiger partial charge in [0.05, 0.1) is 22.8 Å². The molecule has 2 aliphatic rings. The molecule has 0 N–H and O–H groups in total. The van der Waals surface area contributed by atoms with E-state index in [2.05, 4.69) is 10.2 Å². The average molecular weight is 479 g/mol. The summed E-state index contributed by atoms with van der Waals surface area (Å²) in [5.74, 6) is -3.71. The Morgan fingerprint density at radius 2 is 0.917 bits per heavy atom. The monoisotopic (exact) mass is 478 g/mol. The minimum atomic E-state index is -1.03. The maximum Gasteiger partial charge on any atom is 0.264 e. The molecular weight excluding hydrogens is 456 g/mol. The summed E-state index contributed by atoms with van der Waals surface area (Å²) < 4.78 is 0. The van der Waals surface area contributed by atoms with Crippen LogP contribution in [0.2, 0.25) is 0 Å². The molecule has 0 spiro atoms. The van der Waals surface area contributed by atoms with E-state index < -0.39 is 35.2 Å². The van der Waals surface area contributed by atoms with Gasteiger partial charge in [-0.1, -0.05) is 60.7 Å². The average Bonchev–Trinajstić information content (AvgIpc) is 3.38. The normalized spacial score (nSPS) is 19.4. The molecule has 3 aromatic carbocycles. The molecule has 2 heterocycles. The number of anilines is 2. The second-order valence-electron chi connectivity index (χ2n) is 8.63. The molecule has 3 aromatic rings. The SMILES string of the molecule is CC1=NN(c2ccccc2)C(=O)[C@H]1C(=O)c1ccc(C(=O)[C@@H]2C(=O)N(c3ccccc3)N=C2C)cc1. The van der Waals surface area contributed by atoms with Crippen molar-refractivity contribution in [1.29, 1.82) is 0 Å². The largest absolute Gasteiger partial charge is 0.293 e. The molecule has 2 aliphatic heterocycles. The molecule has 8 heteroatoms. The molecule has 8 nitrogen and oxygen atoms in total. The Balaban J connectivity index is 1.33. The highest BCUT2D eigenvalue weighted by Gasteiger charge is 2.41. The third-order valence-corrected chi connectivity index (χ3v) is 6.24. The molecule has 178 valence electrons. The van der Waals surface area contributed by atoms with Gasteiger partial charge in [0.1, 0.15) is 11.8 Å². The van der Waals surface area contributed by atoms with Crippen LogP contribution in [0.3, 0.4) is 0 Å². The number of amides is 2. The number of Topliss-reactive ketones (excluding diaryl/α,β-unsaturated/α-hetero) is 2. The number of benzene rings is 3. The van der Waals surface area contributed by atoms with Crippen LogP contribution in [0.5, 0.6) is 0 Å². The van der Waals surface area contributed by atoms with Crippen molar-refractivity contribution in [2.24, 2.45) is 22.0 Å². The lowest BCUT2D eigenvalue weighted by molar-refractivity contribution is -0.119. The van der Waals surface area contributed by atoms with Gasteiger partial charge in [-0.25, -0.2) is 0 Å². The third kappa shape index (κ3) is 3.92. The Hall–Kier alpha value is -4.72. The van der Waals surface area contributed by atoms with Gasteiger partial charge in [0, 0.05) is 11.1 Å². The molecule has 0 aromatic heterocycles. The van der Waals surface area contributed by atoms with Crippen molar-refractivity contribution in [3.8, 4) is 0 Å². The van der Waals surface area contributed by atoms with Gasteiger partial charge in [0.25, 0.3) is 11.8 Å². The Bertz CT molecular complexity index is 1320. The fraction of sp³-hybridized carbons (Fsp3) is 0.143. The summed E-state index contributed by atoms with van der Waals surface area (Å²) in [6, 6.07) is 23.8. The number of hydrazone groups is 2. The second kappa shape index (κ2) is 9.14. The summed E-state index contributed by atoms with van der Waals surface area (Å²) in [7, 11) is 0. The maximum absolute atomic E-state index is 13.2. The van der Waals surface area contributed by atoms with E-state index in [1.165, 1.54) is 34.3 Å². The van der Waals surface area contributed by atoms with E-state index in [0.29, 0.717) is 22.8 Å². The highest BCUT2D eigenvalue weighted by Crippen LogP contribution is 2.28. The Kier molecular flexibility index (Phi) is 5.85. The Morgan fingerprint density at radius 1 is 0.583 bits per heavy atom. The fourth-order valence-corrected chi connectivity index (χ4v) is 4.38. The molecular formula is C28H22N4O4. The van der Waals surface area contributed by atoms with Crippen LogP contribution in [0, 0.1) is 11.8 Å². The molecule has 2 amide bonds. The van der Waals surface area contributed by atoms with Gasteiger partial charge in [-0.3, -0.25) is 19.2 Å². The van der Waals surface area contributed by atoms with E-state index >= 15 is 0 Å². The van der Waals surface area contributed by atoms with E-state index in [4.69, 9.17) is 0 Å². The number of para-hydroxylation sites is 2. The van der Waals surface area contributed by atoms with Gasteiger partial charge in [-0.2, -0.15) is 20.2 Å². The molecule has 0 radical (unpaired) electrons. The fourth-order valence-electron chi connectivity index (χ4n) is 4.38. The number of ketones is 2. The number of nitrogens with zero attached hydrogens (tertiary/aromatic N) is 4. The summed E-state index contributed by atoms with van der Waals surface area (Å²) in [5.41, 5.74) is 2.53. The number of hydrogen-bond acceptors (Lipinski definition) is 6. The lowest BCUT2D eigenvalue weighted by Gasteiger charge is -2.14. The molecule has 0 saturated heterocycles. The first kappa shape index (κ1) is 23.0. The Morgan fingerprint density at radius 3 is 1.25 bits per heavy atom. The quantitative estimate of drug-likeness (QED) is 0.393. The zero-order chi connectivity index (χ0) is 25.4. The molecule has 0 unspecified atom stereocenters. The van der Waals surface area contributed by atoms with Crippen molar-refractivity contribution in [2.45, 2.75) is 13.8 Å². The third-order valence-electron chi connectivity index (χ3n) is 6.24. The standard InChI is InChI=1S/C28H22N4O4/c1-17-23(27(35)31(29-17)21-9-5-3-6-10-21)25(33)19-13-15-20(16-14-19)26(34)24-18(2)30-32(28(24)36)22-11-7-4-8-12-22/h3-16,23-24H,1-2H3/t23-,24-/m1/s1. The summed E-state index contributed by atoms with van der Waals surface area (Å²) in [6.45, 7) is 3.29. The van der Waals surface area contributed by atoms with E-state index in [9.17, 15) is 19.2 Å². The van der Waals surface area contributed by atoms with Gasteiger partial charge in [-0.15, -0.1) is 0 Å². The van der Waals surface area contributed by atoms with E-state index in [1.807, 2.05) is 12.1 Å². The van der Waals surface area contributed by atoms with Crippen molar-refractivity contribution in [3.05, 3.63) is 96.1 Å². The van der Waals surface area contributed by atoms with Crippen LogP contribution >= 0.6 is 0 Å². The smallest absolute Gasteiger partial charge is 0.264 e. The molecule has 5 rings (SSSR count). The number of hydrogen-bond donors (Lipinski definition) is 0. The van der Waals surface area contributed by atoms with Crippen molar-refractivity contribution < 1.29 is 19.2 Å². The maximum atomic E-state index is 13.2. The van der Waals surface area contributed by atoms with Gasteiger partial charge < -0.3 is 0 Å². The molecule has 36 heavy (non-hydrogen) atoms. The van der Waals surface area contributed by atoms with Crippen molar-refractivity contribution in [1.82, 2.24) is 0 Å². The van der Waals surface area contributed by atoms with Crippen LogP contribution in [-0.2, 0) is 9.59 Å². The zero-order valence-corrected chi connectivity index (χ0v) is 19.7. The molecule has 0 aliphatic carbocycles. The van der Waals surface area contributed by atoms with Crippen LogP contribution in [0.4, 0.5) is 11.4 Å². The van der Waals surface area contributed by atoms with Crippen molar-refractivity contribution >= 4 is 46.2 Å². The van der Waals surface area contributed by atoms with Gasteiger partial charge in [0.2, 0.25) is 0 Å². The lowest BCUT2D eigenvalue weighted by atomic mass is 9.90. The number of rotatable bonds is 6. The number of carbonyl (C=O) groups excluding carboxylic acids is 4. The summed E-state index contributed by atoms with van der Waals surface area (Å²) in [4.78, 5) is 52.3. The highest BCUT2D eigenvalue weighted by atomic mass is 16.2. The zero-order valence-electron chi connectivity index (χ0n) is 19.7. The topological polar surface area (TPSA) is 99.5 Å². The summed E-state index contributed by atoms with van der Waals surface area (Å²) in [5, 5.41) is 11.0. The van der Waals surface area contributed by atoms with Crippen LogP contribution in [0.15, 0.2) is 95.1 Å². The summed E-state index contributed by atoms with van der Waals surface area (Å²) >= 11 is 0. The minimum Gasteiger partial charge on any atom is -0.293 e. The predicted octanol–water partition coefficient (Wildman–Crippen LogP) is 4.13. The number of carbonyl (C=O) groups is 4. The first-order chi connectivity index (χ1) is 17.4. The van der Waals surface area contributed by atoms with Crippen LogP contribution in [-0.4, -0.2) is 34.8 Å².